The quantitative estimate of drug-likeness (QED) is 0.776. The lowest BCUT2D eigenvalue weighted by molar-refractivity contribution is 0.129. The van der Waals surface area contributed by atoms with Crippen molar-refractivity contribution in [1.82, 2.24) is 9.80 Å². The van der Waals surface area contributed by atoms with E-state index in [4.69, 9.17) is 5.11 Å². The lowest BCUT2D eigenvalue weighted by Crippen LogP contribution is -2.39. The van der Waals surface area contributed by atoms with Crippen molar-refractivity contribution < 1.29 is 5.11 Å². The van der Waals surface area contributed by atoms with Gasteiger partial charge in [0.25, 0.3) is 0 Å². The Bertz CT molecular complexity index is 202. The van der Waals surface area contributed by atoms with Gasteiger partial charge in [0.1, 0.15) is 0 Å². The highest BCUT2D eigenvalue weighted by Gasteiger charge is 2.24. The number of aliphatic hydroxyl groups is 1. The Morgan fingerprint density at radius 1 is 1.06 bits per heavy atom. The first-order valence-corrected chi connectivity index (χ1v) is 6.83. The fraction of sp³-hybridized carbons (Fsp3) is 1.00. The molecule has 0 aliphatic carbocycles. The van der Waals surface area contributed by atoms with E-state index in [-0.39, 0.29) is 0 Å². The Labute approximate surface area is 99.4 Å². The van der Waals surface area contributed by atoms with Gasteiger partial charge in [-0.1, -0.05) is 6.92 Å². The van der Waals surface area contributed by atoms with Crippen LogP contribution in [-0.4, -0.2) is 60.8 Å². The van der Waals surface area contributed by atoms with Gasteiger partial charge in [-0.2, -0.15) is 0 Å². The third-order valence-corrected chi connectivity index (χ3v) is 4.15. The summed E-state index contributed by atoms with van der Waals surface area (Å²) in [4.78, 5) is 5.04. The summed E-state index contributed by atoms with van der Waals surface area (Å²) < 4.78 is 0. The van der Waals surface area contributed by atoms with Crippen LogP contribution in [0.15, 0.2) is 0 Å². The van der Waals surface area contributed by atoms with Gasteiger partial charge in [-0.15, -0.1) is 0 Å². The zero-order valence-electron chi connectivity index (χ0n) is 10.6. The van der Waals surface area contributed by atoms with E-state index in [1.54, 1.807) is 0 Å². The van der Waals surface area contributed by atoms with E-state index in [9.17, 15) is 0 Å². The van der Waals surface area contributed by atoms with Gasteiger partial charge in [-0.05, 0) is 50.7 Å². The molecule has 94 valence electrons. The number of hydrogen-bond acceptors (Lipinski definition) is 3. The summed E-state index contributed by atoms with van der Waals surface area (Å²) in [6, 6.07) is 0. The molecule has 1 atom stereocenters. The van der Waals surface area contributed by atoms with Gasteiger partial charge in [0.15, 0.2) is 0 Å². The fourth-order valence-electron chi connectivity index (χ4n) is 3.09. The molecule has 0 spiro atoms. The number of likely N-dealkylation sites (tertiary alicyclic amines) is 2. The smallest absolute Gasteiger partial charge is 0.0558 e. The van der Waals surface area contributed by atoms with Crippen molar-refractivity contribution in [3.8, 4) is 0 Å². The minimum atomic E-state index is 0.314. The second-order valence-electron chi connectivity index (χ2n) is 5.66. The third kappa shape index (κ3) is 3.44. The summed E-state index contributed by atoms with van der Waals surface area (Å²) >= 11 is 0. The Kier molecular flexibility index (Phi) is 4.62. The minimum Gasteiger partial charge on any atom is -0.395 e. The maximum Gasteiger partial charge on any atom is 0.0558 e. The molecule has 0 aromatic carbocycles. The predicted octanol–water partition coefficient (Wildman–Crippen LogP) is 1.03. The second kappa shape index (κ2) is 5.99. The first-order valence-electron chi connectivity index (χ1n) is 6.83. The van der Waals surface area contributed by atoms with Crippen molar-refractivity contribution >= 4 is 0 Å². The summed E-state index contributed by atoms with van der Waals surface area (Å²) in [7, 11) is 0. The van der Waals surface area contributed by atoms with E-state index in [0.717, 1.165) is 18.4 Å². The van der Waals surface area contributed by atoms with Crippen molar-refractivity contribution in [3.63, 3.8) is 0 Å². The van der Waals surface area contributed by atoms with E-state index >= 15 is 0 Å². The molecule has 2 aliphatic heterocycles. The summed E-state index contributed by atoms with van der Waals surface area (Å²) in [6.07, 6.45) is 4.04. The molecule has 0 aromatic heterocycles. The molecule has 2 saturated heterocycles. The van der Waals surface area contributed by atoms with E-state index in [1.807, 2.05) is 0 Å². The molecule has 0 radical (unpaired) electrons. The van der Waals surface area contributed by atoms with E-state index in [0.29, 0.717) is 6.61 Å². The average Bonchev–Trinajstić information content (AvgIpc) is 2.67. The van der Waals surface area contributed by atoms with Crippen LogP contribution < -0.4 is 0 Å². The summed E-state index contributed by atoms with van der Waals surface area (Å²) in [5, 5.41) is 8.89. The lowest BCUT2D eigenvalue weighted by Gasteiger charge is -2.33. The molecule has 0 saturated carbocycles. The van der Waals surface area contributed by atoms with Crippen LogP contribution in [0.2, 0.25) is 0 Å². The Hall–Kier alpha value is -0.120. The maximum absolute atomic E-state index is 8.89. The van der Waals surface area contributed by atoms with Gasteiger partial charge in [0, 0.05) is 19.6 Å². The molecule has 2 heterocycles. The van der Waals surface area contributed by atoms with Crippen LogP contribution in [0, 0.1) is 11.8 Å². The normalized spacial score (nSPS) is 30.0. The topological polar surface area (TPSA) is 26.7 Å². The van der Waals surface area contributed by atoms with E-state index in [1.165, 1.54) is 52.0 Å². The molecule has 16 heavy (non-hydrogen) atoms. The number of aliphatic hydroxyl groups excluding tert-OH is 1. The highest BCUT2D eigenvalue weighted by molar-refractivity contribution is 4.78. The largest absolute Gasteiger partial charge is 0.395 e. The second-order valence-corrected chi connectivity index (χ2v) is 5.66. The first kappa shape index (κ1) is 12.3. The molecule has 0 bridgehead atoms. The van der Waals surface area contributed by atoms with Crippen molar-refractivity contribution in [2.24, 2.45) is 11.8 Å². The van der Waals surface area contributed by atoms with Gasteiger partial charge in [-0.25, -0.2) is 0 Å². The van der Waals surface area contributed by atoms with Gasteiger partial charge in [0.2, 0.25) is 0 Å². The molecule has 2 aliphatic rings. The molecule has 2 fully saturated rings. The molecule has 3 nitrogen and oxygen atoms in total. The monoisotopic (exact) mass is 226 g/mol. The van der Waals surface area contributed by atoms with Crippen LogP contribution in [-0.2, 0) is 0 Å². The van der Waals surface area contributed by atoms with Crippen LogP contribution in [0.1, 0.15) is 26.2 Å². The molecular formula is C13H26N2O. The molecule has 0 aromatic rings. The number of nitrogens with zero attached hydrogens (tertiary/aromatic N) is 2. The van der Waals surface area contributed by atoms with Gasteiger partial charge in [-0.3, -0.25) is 0 Å². The Balaban J connectivity index is 1.65. The van der Waals surface area contributed by atoms with Crippen LogP contribution in [0.5, 0.6) is 0 Å². The Morgan fingerprint density at radius 2 is 1.75 bits per heavy atom. The Morgan fingerprint density at radius 3 is 2.31 bits per heavy atom. The molecule has 3 heteroatoms. The summed E-state index contributed by atoms with van der Waals surface area (Å²) in [6.45, 7) is 9.88. The SMILES string of the molecule is C[C@@H]1CCN(CC2CCN(CCO)CC2)C1. The van der Waals surface area contributed by atoms with Gasteiger partial charge < -0.3 is 14.9 Å². The highest BCUT2D eigenvalue weighted by atomic mass is 16.3. The molecular weight excluding hydrogens is 200 g/mol. The summed E-state index contributed by atoms with van der Waals surface area (Å²) in [5.41, 5.74) is 0. The minimum absolute atomic E-state index is 0.314. The molecule has 0 unspecified atom stereocenters. The highest BCUT2D eigenvalue weighted by Crippen LogP contribution is 2.22. The zero-order valence-corrected chi connectivity index (χ0v) is 10.6. The number of piperidine rings is 1. The fourth-order valence-corrected chi connectivity index (χ4v) is 3.09. The number of hydrogen-bond donors (Lipinski definition) is 1. The summed E-state index contributed by atoms with van der Waals surface area (Å²) in [5.74, 6) is 1.81. The molecule has 1 N–H and O–H groups in total. The van der Waals surface area contributed by atoms with Crippen molar-refractivity contribution in [2.45, 2.75) is 26.2 Å². The van der Waals surface area contributed by atoms with Crippen molar-refractivity contribution in [3.05, 3.63) is 0 Å². The van der Waals surface area contributed by atoms with E-state index in [2.05, 4.69) is 16.7 Å². The lowest BCUT2D eigenvalue weighted by atomic mass is 9.96. The van der Waals surface area contributed by atoms with Crippen LogP contribution in [0.3, 0.4) is 0 Å². The van der Waals surface area contributed by atoms with Crippen molar-refractivity contribution in [1.29, 1.82) is 0 Å². The number of rotatable bonds is 4. The van der Waals surface area contributed by atoms with Gasteiger partial charge in [0.05, 0.1) is 6.61 Å². The van der Waals surface area contributed by atoms with Gasteiger partial charge >= 0.3 is 0 Å². The van der Waals surface area contributed by atoms with Crippen LogP contribution in [0.4, 0.5) is 0 Å². The molecule has 0 amide bonds. The van der Waals surface area contributed by atoms with Crippen LogP contribution >= 0.6 is 0 Å². The average molecular weight is 226 g/mol. The first-order chi connectivity index (χ1) is 7.78. The maximum atomic E-state index is 8.89. The molecule has 2 rings (SSSR count). The third-order valence-electron chi connectivity index (χ3n) is 4.15. The number of β-amino-alcohol motifs (C(OH)–C–C–N with tert-alkyl or cyclic N) is 1. The standard InChI is InChI=1S/C13H26N2O/c1-12-2-5-15(10-12)11-13-3-6-14(7-4-13)8-9-16/h12-13,16H,2-11H2,1H3/t12-/m1/s1. The van der Waals surface area contributed by atoms with Crippen LogP contribution in [0.25, 0.3) is 0 Å². The van der Waals surface area contributed by atoms with E-state index < -0.39 is 0 Å². The van der Waals surface area contributed by atoms with Crippen molar-refractivity contribution in [2.75, 3.05) is 45.9 Å². The zero-order chi connectivity index (χ0) is 11.4. The predicted molar refractivity (Wildman–Crippen MR) is 66.5 cm³/mol.